The smallest absolute Gasteiger partial charge is 0.356 e. The first-order valence-electron chi connectivity index (χ1n) is 8.66. The first kappa shape index (κ1) is 19.3. The Morgan fingerprint density at radius 3 is 2.44 bits per heavy atom. The van der Waals surface area contributed by atoms with Crippen LogP contribution in [0.4, 0.5) is 24.9 Å². The summed E-state index contributed by atoms with van der Waals surface area (Å²) in [7, 11) is 0. The van der Waals surface area contributed by atoms with Crippen molar-refractivity contribution in [3.05, 3.63) is 47.7 Å². The lowest BCUT2D eigenvalue weighted by molar-refractivity contribution is -0.141. The minimum Gasteiger partial charge on any atom is -0.356 e. The average molecular weight is 395 g/mol. The molecule has 1 aliphatic rings. The molecule has 3 rings (SSSR count). The highest BCUT2D eigenvalue weighted by atomic mass is 32.1. The molecule has 2 heterocycles. The molecule has 0 radical (unpaired) electrons. The van der Waals surface area contributed by atoms with Crippen molar-refractivity contribution >= 4 is 29.1 Å². The highest BCUT2D eigenvalue weighted by Crippen LogP contribution is 2.31. The van der Waals surface area contributed by atoms with Crippen LogP contribution in [-0.4, -0.2) is 28.2 Å². The van der Waals surface area contributed by atoms with E-state index in [4.69, 9.17) is 12.2 Å². The minimum absolute atomic E-state index is 0.116. The summed E-state index contributed by atoms with van der Waals surface area (Å²) in [5.41, 5.74) is 0.0187. The molecule has 0 amide bonds. The van der Waals surface area contributed by atoms with Crippen LogP contribution >= 0.6 is 12.2 Å². The summed E-state index contributed by atoms with van der Waals surface area (Å²) in [6, 6.07) is 10.5. The van der Waals surface area contributed by atoms with E-state index in [0.717, 1.165) is 24.5 Å². The van der Waals surface area contributed by atoms with Gasteiger partial charge < -0.3 is 15.5 Å². The van der Waals surface area contributed by atoms with E-state index in [1.807, 2.05) is 42.2 Å². The molecule has 2 N–H and O–H groups in total. The largest absolute Gasteiger partial charge is 0.433 e. The van der Waals surface area contributed by atoms with Gasteiger partial charge in [0.25, 0.3) is 0 Å². The van der Waals surface area contributed by atoms with E-state index in [1.165, 1.54) is 0 Å². The van der Waals surface area contributed by atoms with Crippen LogP contribution in [0.5, 0.6) is 0 Å². The summed E-state index contributed by atoms with van der Waals surface area (Å²) in [6.45, 7) is 3.27. The van der Waals surface area contributed by atoms with Gasteiger partial charge in [-0.15, -0.1) is 0 Å². The lowest BCUT2D eigenvalue weighted by Crippen LogP contribution is -2.32. The van der Waals surface area contributed by atoms with Crippen LogP contribution in [0.3, 0.4) is 0 Å². The van der Waals surface area contributed by atoms with Gasteiger partial charge in [0.1, 0.15) is 5.82 Å². The number of alkyl halides is 3. The third kappa shape index (κ3) is 5.06. The van der Waals surface area contributed by atoms with Gasteiger partial charge in [-0.3, -0.25) is 0 Å². The maximum Gasteiger partial charge on any atom is 0.433 e. The van der Waals surface area contributed by atoms with Gasteiger partial charge in [0.05, 0.1) is 6.04 Å². The zero-order valence-corrected chi connectivity index (χ0v) is 15.6. The van der Waals surface area contributed by atoms with Crippen molar-refractivity contribution in [2.75, 3.05) is 23.3 Å². The zero-order chi connectivity index (χ0) is 19.4. The van der Waals surface area contributed by atoms with Crippen LogP contribution in [0.2, 0.25) is 0 Å². The minimum atomic E-state index is -4.56. The number of nitrogens with one attached hydrogen (secondary N) is 2. The second-order valence-corrected chi connectivity index (χ2v) is 6.77. The monoisotopic (exact) mass is 395 g/mol. The van der Waals surface area contributed by atoms with Gasteiger partial charge in [-0.05, 0) is 37.5 Å². The Morgan fingerprint density at radius 1 is 1.15 bits per heavy atom. The van der Waals surface area contributed by atoms with Crippen molar-refractivity contribution < 1.29 is 13.2 Å². The van der Waals surface area contributed by atoms with Gasteiger partial charge in [-0.25, -0.2) is 4.98 Å². The molecular weight excluding hydrogens is 375 g/mol. The van der Waals surface area contributed by atoms with Crippen molar-refractivity contribution in [2.24, 2.45) is 0 Å². The Labute approximate surface area is 161 Å². The number of benzene rings is 1. The molecule has 1 saturated heterocycles. The van der Waals surface area contributed by atoms with Crippen molar-refractivity contribution in [3.63, 3.8) is 0 Å². The van der Waals surface area contributed by atoms with Crippen LogP contribution in [-0.2, 0) is 6.18 Å². The Bertz CT molecular complexity index is 791. The SMILES string of the molecule is CC(NC(=S)Nc1nc(N2CCCC2)cc(C(F)(F)F)n1)c1ccccc1. The number of thiocarbonyl (C=S) groups is 1. The zero-order valence-electron chi connectivity index (χ0n) is 14.8. The Balaban J connectivity index is 1.76. The molecule has 0 aliphatic carbocycles. The van der Waals surface area contributed by atoms with Crippen LogP contribution in [0, 0.1) is 0 Å². The van der Waals surface area contributed by atoms with Gasteiger partial charge in [-0.1, -0.05) is 30.3 Å². The average Bonchev–Trinajstić information content (AvgIpc) is 3.16. The van der Waals surface area contributed by atoms with E-state index in [-0.39, 0.29) is 22.9 Å². The number of anilines is 2. The van der Waals surface area contributed by atoms with Crippen molar-refractivity contribution in [2.45, 2.75) is 32.0 Å². The van der Waals surface area contributed by atoms with Gasteiger partial charge in [-0.2, -0.15) is 18.2 Å². The first-order valence-corrected chi connectivity index (χ1v) is 9.07. The fraction of sp³-hybridized carbons (Fsp3) is 0.389. The van der Waals surface area contributed by atoms with Crippen LogP contribution in [0.15, 0.2) is 36.4 Å². The molecule has 1 unspecified atom stereocenters. The maximum absolute atomic E-state index is 13.2. The van der Waals surface area contributed by atoms with Crippen LogP contribution in [0.1, 0.15) is 37.1 Å². The van der Waals surface area contributed by atoms with E-state index < -0.39 is 11.9 Å². The van der Waals surface area contributed by atoms with Gasteiger partial charge in [0, 0.05) is 19.2 Å². The second-order valence-electron chi connectivity index (χ2n) is 6.36. The number of halogens is 3. The summed E-state index contributed by atoms with van der Waals surface area (Å²) in [6.07, 6.45) is -2.69. The summed E-state index contributed by atoms with van der Waals surface area (Å²) in [5, 5.41) is 5.89. The molecule has 144 valence electrons. The summed E-state index contributed by atoms with van der Waals surface area (Å²) in [5.74, 6) is 0.0979. The Hall–Kier alpha value is -2.42. The lowest BCUT2D eigenvalue weighted by atomic mass is 10.1. The van der Waals surface area contributed by atoms with Gasteiger partial charge >= 0.3 is 6.18 Å². The molecule has 9 heteroatoms. The summed E-state index contributed by atoms with van der Waals surface area (Å²) < 4.78 is 39.7. The molecule has 1 atom stereocenters. The summed E-state index contributed by atoms with van der Waals surface area (Å²) >= 11 is 5.23. The Morgan fingerprint density at radius 2 is 1.81 bits per heavy atom. The van der Waals surface area contributed by atoms with Gasteiger partial charge in [0.2, 0.25) is 5.95 Å². The third-order valence-corrected chi connectivity index (χ3v) is 4.53. The van der Waals surface area contributed by atoms with E-state index in [9.17, 15) is 13.2 Å². The molecule has 0 bridgehead atoms. The number of hydrogen-bond acceptors (Lipinski definition) is 4. The van der Waals surface area contributed by atoms with Crippen LogP contribution in [0.25, 0.3) is 0 Å². The molecule has 0 spiro atoms. The molecule has 1 aromatic carbocycles. The predicted octanol–water partition coefficient (Wildman–Crippen LogP) is 4.14. The number of nitrogens with zero attached hydrogens (tertiary/aromatic N) is 3. The molecule has 1 aliphatic heterocycles. The molecule has 1 aromatic heterocycles. The fourth-order valence-electron chi connectivity index (χ4n) is 2.90. The lowest BCUT2D eigenvalue weighted by Gasteiger charge is -2.20. The number of aromatic nitrogens is 2. The molecular formula is C18H20F3N5S. The predicted molar refractivity (Wildman–Crippen MR) is 103 cm³/mol. The van der Waals surface area contributed by atoms with Crippen molar-refractivity contribution in [3.8, 4) is 0 Å². The van der Waals surface area contributed by atoms with E-state index in [1.54, 1.807) is 0 Å². The normalized spacial score (nSPS) is 15.5. The molecule has 5 nitrogen and oxygen atoms in total. The van der Waals surface area contributed by atoms with Crippen molar-refractivity contribution in [1.29, 1.82) is 0 Å². The fourth-order valence-corrected chi connectivity index (χ4v) is 3.17. The quantitative estimate of drug-likeness (QED) is 0.759. The highest BCUT2D eigenvalue weighted by molar-refractivity contribution is 7.80. The van der Waals surface area contributed by atoms with Crippen molar-refractivity contribution in [1.82, 2.24) is 15.3 Å². The number of rotatable bonds is 4. The van der Waals surface area contributed by atoms with E-state index in [0.29, 0.717) is 13.1 Å². The molecule has 27 heavy (non-hydrogen) atoms. The molecule has 2 aromatic rings. The molecule has 0 saturated carbocycles. The van der Waals surface area contributed by atoms with E-state index in [2.05, 4.69) is 20.6 Å². The third-order valence-electron chi connectivity index (χ3n) is 4.31. The maximum atomic E-state index is 13.2. The van der Waals surface area contributed by atoms with Gasteiger partial charge in [0.15, 0.2) is 10.8 Å². The molecule has 1 fully saturated rings. The van der Waals surface area contributed by atoms with Crippen LogP contribution < -0.4 is 15.5 Å². The Kier molecular flexibility index (Phi) is 5.79. The highest BCUT2D eigenvalue weighted by Gasteiger charge is 2.34. The first-order chi connectivity index (χ1) is 12.8. The topological polar surface area (TPSA) is 53.1 Å². The number of hydrogen-bond donors (Lipinski definition) is 2. The summed E-state index contributed by atoms with van der Waals surface area (Å²) in [4.78, 5) is 9.64. The second kappa shape index (κ2) is 8.08. The van der Waals surface area contributed by atoms with E-state index >= 15 is 0 Å². The standard InChI is InChI=1S/C18H20F3N5S/c1-12(13-7-3-2-4-8-13)22-17(27)25-16-23-14(18(19,20)21)11-15(24-16)26-9-5-6-10-26/h2-4,7-8,11-12H,5-6,9-10H2,1H3,(H2,22,23,24,25,27).